The van der Waals surface area contributed by atoms with Gasteiger partial charge in [-0.15, -0.1) is 5.10 Å². The second-order valence-corrected chi connectivity index (χ2v) is 7.90. The molecule has 3 heterocycles. The summed E-state index contributed by atoms with van der Waals surface area (Å²) in [5.74, 6) is 0.552. The number of aromatic nitrogens is 5. The Kier molecular flexibility index (Phi) is 5.69. The minimum atomic E-state index is 0.173. The Bertz CT molecular complexity index is 1210. The summed E-state index contributed by atoms with van der Waals surface area (Å²) in [6.45, 7) is 6.21. The van der Waals surface area contributed by atoms with Crippen LogP contribution in [0.25, 0.3) is 16.7 Å². The van der Waals surface area contributed by atoms with Crippen molar-refractivity contribution in [3.8, 4) is 0 Å². The number of halogens is 1. The fourth-order valence-corrected chi connectivity index (χ4v) is 3.48. The molecule has 0 saturated heterocycles. The first kappa shape index (κ1) is 20.3. The highest BCUT2D eigenvalue weighted by atomic mass is 35.5. The van der Waals surface area contributed by atoms with Gasteiger partial charge in [0, 0.05) is 23.8 Å². The van der Waals surface area contributed by atoms with Gasteiger partial charge in [-0.3, -0.25) is 0 Å². The highest BCUT2D eigenvalue weighted by Gasteiger charge is 2.18. The van der Waals surface area contributed by atoms with Gasteiger partial charge >= 0.3 is 0 Å². The van der Waals surface area contributed by atoms with Crippen LogP contribution in [0.2, 0.25) is 5.02 Å². The van der Waals surface area contributed by atoms with Gasteiger partial charge in [-0.1, -0.05) is 28.9 Å². The van der Waals surface area contributed by atoms with E-state index in [0.717, 1.165) is 35.3 Å². The number of hydrogen-bond acceptors (Lipinski definition) is 6. The van der Waals surface area contributed by atoms with Gasteiger partial charge in [-0.25, -0.2) is 14.5 Å². The maximum Gasteiger partial charge on any atom is 0.192 e. The number of rotatable bonds is 7. The average molecular weight is 426 g/mol. The van der Waals surface area contributed by atoms with Crippen LogP contribution in [0.1, 0.15) is 22.6 Å². The number of oxime groups is 1. The van der Waals surface area contributed by atoms with Gasteiger partial charge in [0.2, 0.25) is 0 Å². The molecule has 0 aliphatic heterocycles. The fraction of sp³-hybridized carbons (Fsp3) is 0.333. The van der Waals surface area contributed by atoms with Crippen molar-refractivity contribution < 1.29 is 4.84 Å². The first-order valence-corrected chi connectivity index (χ1v) is 10.1. The fourth-order valence-electron chi connectivity index (χ4n) is 3.35. The number of likely N-dealkylation sites (N-methyl/N-ethyl adjacent to an activating group) is 1. The summed E-state index contributed by atoms with van der Waals surface area (Å²) in [7, 11) is 4.14. The molecule has 9 heteroatoms. The molecule has 1 aromatic carbocycles. The van der Waals surface area contributed by atoms with E-state index in [1.807, 2.05) is 12.1 Å². The zero-order valence-corrected chi connectivity index (χ0v) is 18.3. The van der Waals surface area contributed by atoms with Crippen LogP contribution in [0.15, 0.2) is 35.7 Å². The van der Waals surface area contributed by atoms with E-state index in [1.165, 1.54) is 11.3 Å². The number of fused-ring (bicyclic) bond motifs is 3. The second kappa shape index (κ2) is 8.41. The summed E-state index contributed by atoms with van der Waals surface area (Å²) in [5.41, 5.74) is 4.98. The van der Waals surface area contributed by atoms with Crippen molar-refractivity contribution >= 4 is 34.5 Å². The van der Waals surface area contributed by atoms with Crippen molar-refractivity contribution in [1.82, 2.24) is 29.0 Å². The Morgan fingerprint density at radius 1 is 1.17 bits per heavy atom. The molecular formula is C21H24ClN7O. The summed E-state index contributed by atoms with van der Waals surface area (Å²) >= 11 is 5.88. The molecule has 0 aliphatic rings. The van der Waals surface area contributed by atoms with Gasteiger partial charge in [-0.05, 0) is 51.2 Å². The summed E-state index contributed by atoms with van der Waals surface area (Å²) in [6.07, 6.45) is 3.33. The Balaban J connectivity index is 1.57. The highest BCUT2D eigenvalue weighted by molar-refractivity contribution is 6.30. The molecule has 0 amide bonds. The van der Waals surface area contributed by atoms with Crippen LogP contribution in [0.4, 0.5) is 0 Å². The molecule has 0 fully saturated rings. The lowest BCUT2D eigenvalue weighted by atomic mass is 10.2. The van der Waals surface area contributed by atoms with Crippen molar-refractivity contribution in [2.24, 2.45) is 5.16 Å². The Morgan fingerprint density at radius 2 is 1.93 bits per heavy atom. The summed E-state index contributed by atoms with van der Waals surface area (Å²) in [4.78, 5) is 16.9. The first-order chi connectivity index (χ1) is 14.4. The predicted octanol–water partition coefficient (Wildman–Crippen LogP) is 3.46. The minimum absolute atomic E-state index is 0.173. The maximum atomic E-state index is 5.88. The lowest BCUT2D eigenvalue weighted by Gasteiger charge is -2.12. The molecule has 4 rings (SSSR count). The molecule has 156 valence electrons. The normalized spacial score (nSPS) is 12.1. The van der Waals surface area contributed by atoms with Crippen LogP contribution in [0.3, 0.4) is 0 Å². The van der Waals surface area contributed by atoms with Gasteiger partial charge in [0.05, 0.1) is 11.6 Å². The molecule has 0 unspecified atom stereocenters. The molecule has 0 atom stereocenters. The van der Waals surface area contributed by atoms with E-state index < -0.39 is 0 Å². The van der Waals surface area contributed by atoms with Crippen LogP contribution in [0, 0.1) is 13.8 Å². The van der Waals surface area contributed by atoms with E-state index in [4.69, 9.17) is 16.4 Å². The SMILES string of the molecule is Cc1c(C)n(CCN(C)C)c2ncn3nc(CON=Cc4ccc(Cl)cc4)nc3c12. The zero-order valence-electron chi connectivity index (χ0n) is 17.5. The molecule has 0 bridgehead atoms. The molecule has 8 nitrogen and oxygen atoms in total. The third-order valence-electron chi connectivity index (χ3n) is 5.10. The second-order valence-electron chi connectivity index (χ2n) is 7.46. The molecule has 0 radical (unpaired) electrons. The standard InChI is InChI=1S/C21H24ClN7O/c1-14-15(2)28(10-9-27(3)4)20-19(14)21-25-18(26-29(21)13-23-20)12-30-24-11-16-5-7-17(22)8-6-16/h5-8,11,13H,9-10,12H2,1-4H3. The smallest absolute Gasteiger partial charge is 0.192 e. The lowest BCUT2D eigenvalue weighted by Crippen LogP contribution is -2.19. The van der Waals surface area contributed by atoms with E-state index in [-0.39, 0.29) is 6.61 Å². The Labute approximate surface area is 179 Å². The lowest BCUT2D eigenvalue weighted by molar-refractivity contribution is 0.126. The van der Waals surface area contributed by atoms with Crippen molar-refractivity contribution in [1.29, 1.82) is 0 Å². The van der Waals surface area contributed by atoms with Crippen LogP contribution >= 0.6 is 11.6 Å². The van der Waals surface area contributed by atoms with Crippen LogP contribution < -0.4 is 0 Å². The topological polar surface area (TPSA) is 72.8 Å². The number of hydrogen-bond donors (Lipinski definition) is 0. The molecule has 30 heavy (non-hydrogen) atoms. The maximum absolute atomic E-state index is 5.88. The van der Waals surface area contributed by atoms with E-state index >= 15 is 0 Å². The summed E-state index contributed by atoms with van der Waals surface area (Å²) < 4.78 is 3.94. The highest BCUT2D eigenvalue weighted by Crippen LogP contribution is 2.26. The van der Waals surface area contributed by atoms with Crippen molar-refractivity contribution in [2.75, 3.05) is 20.6 Å². The largest absolute Gasteiger partial charge is 0.387 e. The third kappa shape index (κ3) is 4.01. The molecule has 0 aliphatic carbocycles. The predicted molar refractivity (Wildman–Crippen MR) is 118 cm³/mol. The van der Waals surface area contributed by atoms with E-state index in [0.29, 0.717) is 10.8 Å². The summed E-state index contributed by atoms with van der Waals surface area (Å²) in [5, 5.41) is 10.2. The van der Waals surface area contributed by atoms with Gasteiger partial charge in [0.15, 0.2) is 18.1 Å². The minimum Gasteiger partial charge on any atom is -0.387 e. The van der Waals surface area contributed by atoms with Gasteiger partial charge < -0.3 is 14.3 Å². The monoisotopic (exact) mass is 425 g/mol. The van der Waals surface area contributed by atoms with E-state index in [2.05, 4.69) is 57.6 Å². The van der Waals surface area contributed by atoms with Gasteiger partial charge in [-0.2, -0.15) is 0 Å². The average Bonchev–Trinajstić information content (AvgIpc) is 3.24. The van der Waals surface area contributed by atoms with E-state index in [9.17, 15) is 0 Å². The zero-order chi connectivity index (χ0) is 21.3. The van der Waals surface area contributed by atoms with Crippen molar-refractivity contribution in [3.63, 3.8) is 0 Å². The Morgan fingerprint density at radius 3 is 2.67 bits per heavy atom. The number of benzene rings is 1. The summed E-state index contributed by atoms with van der Waals surface area (Å²) in [6, 6.07) is 7.35. The molecule has 0 N–H and O–H groups in total. The quantitative estimate of drug-likeness (QED) is 0.335. The van der Waals surface area contributed by atoms with Crippen molar-refractivity contribution in [3.05, 3.63) is 58.3 Å². The third-order valence-corrected chi connectivity index (χ3v) is 5.35. The van der Waals surface area contributed by atoms with Crippen LogP contribution in [-0.4, -0.2) is 55.9 Å². The molecule has 4 aromatic rings. The molecular weight excluding hydrogens is 402 g/mol. The van der Waals surface area contributed by atoms with Crippen LogP contribution in [0.5, 0.6) is 0 Å². The van der Waals surface area contributed by atoms with Gasteiger partial charge in [0.25, 0.3) is 0 Å². The van der Waals surface area contributed by atoms with Crippen LogP contribution in [-0.2, 0) is 18.0 Å². The first-order valence-electron chi connectivity index (χ1n) is 9.69. The molecule has 3 aromatic heterocycles. The van der Waals surface area contributed by atoms with Crippen molar-refractivity contribution in [2.45, 2.75) is 27.0 Å². The van der Waals surface area contributed by atoms with Gasteiger partial charge in [0.1, 0.15) is 12.0 Å². The number of aryl methyl sites for hydroxylation is 1. The number of nitrogens with zero attached hydrogens (tertiary/aromatic N) is 7. The molecule has 0 spiro atoms. The molecule has 0 saturated carbocycles. The Hall–Kier alpha value is -2.97. The van der Waals surface area contributed by atoms with E-state index in [1.54, 1.807) is 29.2 Å².